The van der Waals surface area contributed by atoms with Crippen molar-refractivity contribution in [2.75, 3.05) is 14.2 Å². The Morgan fingerprint density at radius 1 is 0.536 bits per heavy atom. The first kappa shape index (κ1) is 41.6. The Balaban J connectivity index is 0.000000166. The standard InChI is InChI=1S/2C23H21O2.C2H6Si.2ClH.Zr/c2*1-14-11-18-12-19(22-10-5-15(2)25-22)13-21(18)23(16(14)3)17-6-8-20(24-4)9-7-17;1-3-2;;;/h2*5-13H,1-4H3;1-2H3;2*1H;/q2*-1;;;;+2/p-2. The van der Waals surface area contributed by atoms with Crippen LogP contribution in [-0.2, 0) is 18.0 Å². The monoisotopic (exact) mass is 876 g/mol. The SMILES string of the molecule is COc1ccc(-c2c(C)c(C)cc3[cH-]c(-c4ccc(C)o4)cc23)cc1.COc1ccc(-c2c(C)c(C)cc3[cH-]c(-c4ccc(C)o4)cc23)cc1.C[Si](C)=[Zr]([Cl])[Cl]. The Kier molecular flexibility index (Phi) is 13.4. The van der Waals surface area contributed by atoms with E-state index in [0.717, 1.165) is 45.7 Å². The van der Waals surface area contributed by atoms with E-state index in [1.165, 1.54) is 66.1 Å². The Bertz CT molecular complexity index is 2460. The fourth-order valence-corrected chi connectivity index (χ4v) is 6.93. The topological polar surface area (TPSA) is 44.7 Å². The molecule has 0 saturated carbocycles. The molecular weight excluding hydrogens is 831 g/mol. The molecule has 0 atom stereocenters. The van der Waals surface area contributed by atoms with Gasteiger partial charge in [0, 0.05) is 0 Å². The van der Waals surface area contributed by atoms with E-state index in [-0.39, 0.29) is 5.43 Å². The number of rotatable bonds is 6. The molecule has 2 heterocycles. The third-order valence-corrected chi connectivity index (χ3v) is 30.0. The summed E-state index contributed by atoms with van der Waals surface area (Å²) in [5.41, 5.74) is 12.2. The first-order chi connectivity index (χ1) is 26.8. The molecule has 0 amide bonds. The van der Waals surface area contributed by atoms with Gasteiger partial charge in [0.05, 0.1) is 37.3 Å². The number of furan rings is 2. The Morgan fingerprint density at radius 2 is 0.893 bits per heavy atom. The number of fused-ring (bicyclic) bond motifs is 2. The molecule has 0 aliphatic rings. The zero-order valence-electron chi connectivity index (χ0n) is 33.8. The molecule has 0 N–H and O–H groups in total. The summed E-state index contributed by atoms with van der Waals surface area (Å²) < 4.78 is 22.2. The van der Waals surface area contributed by atoms with E-state index in [0.29, 0.717) is 0 Å². The Hall–Kier alpha value is -4.06. The van der Waals surface area contributed by atoms with Gasteiger partial charge in [-0.2, -0.15) is 0 Å². The summed E-state index contributed by atoms with van der Waals surface area (Å²) in [6.45, 7) is 17.0. The van der Waals surface area contributed by atoms with Crippen LogP contribution >= 0.6 is 17.0 Å². The third kappa shape index (κ3) is 9.21. The molecule has 0 aliphatic carbocycles. The molecule has 4 nitrogen and oxygen atoms in total. The number of hydrogen-bond acceptors (Lipinski definition) is 4. The van der Waals surface area contributed by atoms with Crippen LogP contribution in [0.15, 0.2) is 118 Å². The number of hydrogen-bond donors (Lipinski definition) is 0. The van der Waals surface area contributed by atoms with E-state index >= 15 is 0 Å². The zero-order valence-corrected chi connectivity index (χ0v) is 38.8. The van der Waals surface area contributed by atoms with Crippen molar-refractivity contribution in [1.82, 2.24) is 0 Å². The van der Waals surface area contributed by atoms with E-state index < -0.39 is 18.0 Å². The summed E-state index contributed by atoms with van der Waals surface area (Å²) in [4.78, 5) is 0. The predicted molar refractivity (Wildman–Crippen MR) is 236 cm³/mol. The minimum absolute atomic E-state index is 0.224. The molecule has 0 fully saturated rings. The first-order valence-corrected chi connectivity index (χ1v) is 31.1. The number of halogens is 2. The van der Waals surface area contributed by atoms with Crippen molar-refractivity contribution in [2.45, 2.75) is 54.6 Å². The second-order valence-corrected chi connectivity index (χ2v) is 37.4. The van der Waals surface area contributed by atoms with Crippen molar-refractivity contribution < 1.29 is 36.3 Å². The van der Waals surface area contributed by atoms with Crippen molar-refractivity contribution in [3.8, 4) is 56.4 Å². The molecule has 8 aromatic rings. The van der Waals surface area contributed by atoms with Gasteiger partial charge in [-0.1, -0.05) is 57.6 Å². The summed E-state index contributed by atoms with van der Waals surface area (Å²) in [5, 5.41) is 5.02. The summed E-state index contributed by atoms with van der Waals surface area (Å²) in [6, 6.07) is 38.1. The van der Waals surface area contributed by atoms with Crippen LogP contribution in [0.2, 0.25) is 13.1 Å². The van der Waals surface area contributed by atoms with Crippen LogP contribution in [-0.4, -0.2) is 19.7 Å². The summed E-state index contributed by atoms with van der Waals surface area (Å²) in [5.74, 6) is 5.46. The van der Waals surface area contributed by atoms with Crippen LogP contribution in [0.4, 0.5) is 0 Å². The second kappa shape index (κ2) is 18.0. The van der Waals surface area contributed by atoms with Crippen molar-refractivity contribution in [1.29, 1.82) is 0 Å². The van der Waals surface area contributed by atoms with Gasteiger partial charge in [-0.25, -0.2) is 0 Å². The maximum absolute atomic E-state index is 5.82. The van der Waals surface area contributed by atoms with E-state index in [4.69, 9.17) is 35.3 Å². The van der Waals surface area contributed by atoms with Gasteiger partial charge < -0.3 is 18.3 Å². The average molecular weight is 879 g/mol. The van der Waals surface area contributed by atoms with E-state index in [1.54, 1.807) is 14.2 Å². The normalized spacial score (nSPS) is 10.9. The second-order valence-electron chi connectivity index (χ2n) is 14.4. The molecule has 8 rings (SSSR count). The molecule has 56 heavy (non-hydrogen) atoms. The fourth-order valence-electron chi connectivity index (χ4n) is 6.93. The van der Waals surface area contributed by atoms with E-state index in [2.05, 4.69) is 101 Å². The third-order valence-electron chi connectivity index (χ3n) is 10.2. The molecule has 2 aromatic heterocycles. The Morgan fingerprint density at radius 3 is 1.18 bits per heavy atom. The first-order valence-electron chi connectivity index (χ1n) is 18.6. The van der Waals surface area contributed by atoms with Crippen LogP contribution in [0, 0.1) is 41.5 Å². The van der Waals surface area contributed by atoms with Crippen molar-refractivity contribution >= 4 is 44.0 Å². The molecule has 0 radical (unpaired) electrons. The molecule has 0 bridgehead atoms. The molecule has 0 spiro atoms. The molecule has 288 valence electrons. The number of aryl methyl sites for hydroxylation is 4. The zero-order chi connectivity index (χ0) is 40.3. The molecule has 8 heteroatoms. The molecular formula is C48H48Cl2O4SiZr-2. The fraction of sp³-hybridized carbons (Fsp3) is 0.208. The molecule has 0 saturated heterocycles. The van der Waals surface area contributed by atoms with Gasteiger partial charge in [-0.05, 0) is 112 Å². The predicted octanol–water partition coefficient (Wildman–Crippen LogP) is 15.0. The van der Waals surface area contributed by atoms with E-state index in [9.17, 15) is 0 Å². The van der Waals surface area contributed by atoms with Gasteiger partial charge in [0.1, 0.15) is 11.5 Å². The molecule has 0 aliphatic heterocycles. The van der Waals surface area contributed by atoms with Crippen LogP contribution in [0.1, 0.15) is 33.8 Å². The quantitative estimate of drug-likeness (QED) is 0.123. The van der Waals surface area contributed by atoms with Gasteiger partial charge in [0.15, 0.2) is 0 Å². The summed E-state index contributed by atoms with van der Waals surface area (Å²) in [7, 11) is 14.6. The van der Waals surface area contributed by atoms with Crippen LogP contribution in [0.5, 0.6) is 11.5 Å². The van der Waals surface area contributed by atoms with Crippen LogP contribution in [0.3, 0.4) is 0 Å². The molecule has 6 aromatic carbocycles. The number of benzene rings is 4. The van der Waals surface area contributed by atoms with Crippen LogP contribution < -0.4 is 9.47 Å². The van der Waals surface area contributed by atoms with Gasteiger partial charge in [-0.15, -0.1) is 57.9 Å². The average Bonchev–Trinajstić information content (AvgIpc) is 4.00. The van der Waals surface area contributed by atoms with E-state index in [1.807, 2.05) is 62.4 Å². The van der Waals surface area contributed by atoms with Crippen LogP contribution in [0.25, 0.3) is 66.4 Å². The maximum atomic E-state index is 5.82. The molecule has 0 unspecified atom stereocenters. The van der Waals surface area contributed by atoms with Gasteiger partial charge in [0.2, 0.25) is 0 Å². The Labute approximate surface area is 346 Å². The van der Waals surface area contributed by atoms with Gasteiger partial charge in [0.25, 0.3) is 0 Å². The van der Waals surface area contributed by atoms with Gasteiger partial charge in [-0.3, -0.25) is 0 Å². The number of methoxy groups -OCH3 is 2. The van der Waals surface area contributed by atoms with Gasteiger partial charge >= 0.3 is 53.5 Å². The summed E-state index contributed by atoms with van der Waals surface area (Å²) in [6.07, 6.45) is 0. The van der Waals surface area contributed by atoms with Crippen molar-refractivity contribution in [3.05, 3.63) is 143 Å². The number of ether oxygens (including phenoxy) is 2. The minimum atomic E-state index is -1.65. The van der Waals surface area contributed by atoms with Crippen molar-refractivity contribution in [2.24, 2.45) is 0 Å². The summed E-state index contributed by atoms with van der Waals surface area (Å²) >= 11 is -1.65. The van der Waals surface area contributed by atoms with Crippen molar-refractivity contribution in [3.63, 3.8) is 0 Å².